The lowest BCUT2D eigenvalue weighted by Gasteiger charge is -2.07. The summed E-state index contributed by atoms with van der Waals surface area (Å²) in [5.41, 5.74) is 0. The highest BCUT2D eigenvalue weighted by Crippen LogP contribution is 2.30. The number of furan rings is 1. The lowest BCUT2D eigenvalue weighted by Crippen LogP contribution is -2.27. The molecule has 0 N–H and O–H groups in total. The Morgan fingerprint density at radius 2 is 2.28 bits per heavy atom. The van der Waals surface area contributed by atoms with Crippen LogP contribution in [0.2, 0.25) is 0 Å². The number of carbonyl (C=O) groups excluding carboxylic acids is 2. The van der Waals surface area contributed by atoms with Crippen LogP contribution >= 0.6 is 11.8 Å². The molecule has 1 aliphatic rings. The van der Waals surface area contributed by atoms with Gasteiger partial charge in [-0.05, 0) is 36.0 Å². The van der Waals surface area contributed by atoms with Crippen molar-refractivity contribution in [2.45, 2.75) is 0 Å². The Bertz CT molecular complexity index is 528. The molecule has 1 aliphatic heterocycles. The highest BCUT2D eigenvalue weighted by Gasteiger charge is 2.33. The third-order valence-electron chi connectivity index (χ3n) is 2.24. The number of carbonyl (C=O) groups is 2. The summed E-state index contributed by atoms with van der Waals surface area (Å²) in [6.07, 6.45) is 8.11. The summed E-state index contributed by atoms with van der Waals surface area (Å²) in [5.74, 6) is 0.408. The Hall–Kier alpha value is -2.01. The van der Waals surface area contributed by atoms with Gasteiger partial charge in [0.05, 0.1) is 11.2 Å². The number of thioether (sulfide) groups is 1. The van der Waals surface area contributed by atoms with Crippen molar-refractivity contribution in [2.75, 3.05) is 6.54 Å². The average molecular weight is 261 g/mol. The molecule has 0 saturated carbocycles. The van der Waals surface area contributed by atoms with Gasteiger partial charge in [0.25, 0.3) is 11.1 Å². The van der Waals surface area contributed by atoms with Crippen LogP contribution in [0.4, 0.5) is 4.79 Å². The van der Waals surface area contributed by atoms with Gasteiger partial charge in [0, 0.05) is 6.54 Å². The molecule has 2 amide bonds. The fraction of sp³-hybridized carbons (Fsp3) is 0.0769. The zero-order valence-electron chi connectivity index (χ0n) is 9.54. The van der Waals surface area contributed by atoms with Crippen LogP contribution in [0.5, 0.6) is 0 Å². The molecule has 4 nitrogen and oxygen atoms in total. The lowest BCUT2D eigenvalue weighted by atomic mass is 10.3. The van der Waals surface area contributed by atoms with E-state index in [0.717, 1.165) is 16.7 Å². The van der Waals surface area contributed by atoms with E-state index >= 15 is 0 Å². The van der Waals surface area contributed by atoms with Gasteiger partial charge in [-0.2, -0.15) is 0 Å². The number of imide groups is 1. The number of hydrogen-bond donors (Lipinski definition) is 0. The van der Waals surface area contributed by atoms with Crippen LogP contribution in [0, 0.1) is 0 Å². The van der Waals surface area contributed by atoms with E-state index in [4.69, 9.17) is 4.42 Å². The van der Waals surface area contributed by atoms with E-state index in [9.17, 15) is 9.59 Å². The molecule has 0 aliphatic carbocycles. The Morgan fingerprint density at radius 3 is 2.94 bits per heavy atom. The zero-order chi connectivity index (χ0) is 13.0. The number of nitrogens with zero attached hydrogens (tertiary/aromatic N) is 1. The Labute approximate surface area is 109 Å². The average Bonchev–Trinajstić information content (AvgIpc) is 2.94. The number of rotatable bonds is 4. The van der Waals surface area contributed by atoms with Crippen molar-refractivity contribution in [3.8, 4) is 0 Å². The van der Waals surface area contributed by atoms with Crippen LogP contribution in [-0.4, -0.2) is 22.6 Å². The molecular weight excluding hydrogens is 250 g/mol. The molecule has 0 bridgehead atoms. The van der Waals surface area contributed by atoms with Gasteiger partial charge in [-0.1, -0.05) is 12.2 Å². The summed E-state index contributed by atoms with van der Waals surface area (Å²) >= 11 is 0.928. The van der Waals surface area contributed by atoms with Crippen molar-refractivity contribution >= 4 is 29.0 Å². The second-order valence-corrected chi connectivity index (χ2v) is 4.47. The Morgan fingerprint density at radius 1 is 1.44 bits per heavy atom. The van der Waals surface area contributed by atoms with E-state index in [2.05, 4.69) is 6.58 Å². The van der Waals surface area contributed by atoms with Gasteiger partial charge < -0.3 is 4.42 Å². The molecule has 0 aromatic carbocycles. The first-order valence-corrected chi connectivity index (χ1v) is 6.10. The summed E-state index contributed by atoms with van der Waals surface area (Å²) in [7, 11) is 0. The van der Waals surface area contributed by atoms with Crippen molar-refractivity contribution in [1.82, 2.24) is 4.90 Å². The SMILES string of the molecule is C=CCN1C(=O)SC(=CC=Cc2ccco2)C1=O. The predicted molar refractivity (Wildman–Crippen MR) is 70.7 cm³/mol. The zero-order valence-corrected chi connectivity index (χ0v) is 10.4. The maximum Gasteiger partial charge on any atom is 0.293 e. The van der Waals surface area contributed by atoms with E-state index in [1.54, 1.807) is 36.6 Å². The highest BCUT2D eigenvalue weighted by molar-refractivity contribution is 8.18. The van der Waals surface area contributed by atoms with Gasteiger partial charge in [0.2, 0.25) is 0 Å². The van der Waals surface area contributed by atoms with Crippen LogP contribution in [0.1, 0.15) is 5.76 Å². The molecule has 92 valence electrons. The first-order chi connectivity index (χ1) is 8.72. The molecule has 18 heavy (non-hydrogen) atoms. The number of hydrogen-bond acceptors (Lipinski definition) is 4. The molecule has 0 unspecified atom stereocenters. The maximum absolute atomic E-state index is 11.8. The van der Waals surface area contributed by atoms with Crippen LogP contribution in [-0.2, 0) is 4.79 Å². The van der Waals surface area contributed by atoms with Crippen molar-refractivity contribution in [1.29, 1.82) is 0 Å². The lowest BCUT2D eigenvalue weighted by molar-refractivity contribution is -0.122. The molecule has 1 aromatic rings. The molecule has 1 saturated heterocycles. The maximum atomic E-state index is 11.8. The monoisotopic (exact) mass is 261 g/mol. The first-order valence-electron chi connectivity index (χ1n) is 5.29. The molecular formula is C13H11NO3S. The minimum atomic E-state index is -0.283. The van der Waals surface area contributed by atoms with E-state index in [1.165, 1.54) is 6.08 Å². The summed E-state index contributed by atoms with van der Waals surface area (Å²) < 4.78 is 5.11. The van der Waals surface area contributed by atoms with Crippen LogP contribution in [0.3, 0.4) is 0 Å². The molecule has 2 heterocycles. The first kappa shape index (κ1) is 12.4. The van der Waals surface area contributed by atoms with Gasteiger partial charge >= 0.3 is 0 Å². The fourth-order valence-corrected chi connectivity index (χ4v) is 2.22. The van der Waals surface area contributed by atoms with Gasteiger partial charge in [-0.15, -0.1) is 6.58 Å². The summed E-state index contributed by atoms with van der Waals surface area (Å²) in [6.45, 7) is 3.75. The minimum Gasteiger partial charge on any atom is -0.465 e. The molecule has 1 aromatic heterocycles. The largest absolute Gasteiger partial charge is 0.465 e. The predicted octanol–water partition coefficient (Wildman–Crippen LogP) is 3.06. The molecule has 0 spiro atoms. The molecule has 1 fully saturated rings. The molecule has 0 radical (unpaired) electrons. The Balaban J connectivity index is 2.08. The second-order valence-electron chi connectivity index (χ2n) is 3.48. The van der Waals surface area contributed by atoms with E-state index in [-0.39, 0.29) is 17.7 Å². The Kier molecular flexibility index (Phi) is 3.84. The van der Waals surface area contributed by atoms with E-state index in [0.29, 0.717) is 10.7 Å². The van der Waals surface area contributed by atoms with Crippen LogP contribution < -0.4 is 0 Å². The second kappa shape index (κ2) is 5.55. The highest BCUT2D eigenvalue weighted by atomic mass is 32.2. The van der Waals surface area contributed by atoms with Crippen LogP contribution in [0.25, 0.3) is 6.08 Å². The minimum absolute atomic E-state index is 0.240. The quantitative estimate of drug-likeness (QED) is 0.617. The van der Waals surface area contributed by atoms with Crippen molar-refractivity contribution in [3.63, 3.8) is 0 Å². The van der Waals surface area contributed by atoms with E-state index in [1.807, 2.05) is 0 Å². The number of amides is 2. The van der Waals surface area contributed by atoms with E-state index < -0.39 is 0 Å². The summed E-state index contributed by atoms with van der Waals surface area (Å²) in [6, 6.07) is 3.57. The topological polar surface area (TPSA) is 50.5 Å². The third kappa shape index (κ3) is 2.62. The smallest absolute Gasteiger partial charge is 0.293 e. The van der Waals surface area contributed by atoms with Gasteiger partial charge in [-0.25, -0.2) is 0 Å². The normalized spacial score (nSPS) is 18.2. The third-order valence-corrected chi connectivity index (χ3v) is 3.16. The fourth-order valence-electron chi connectivity index (χ4n) is 1.42. The summed E-state index contributed by atoms with van der Waals surface area (Å²) in [5, 5.41) is -0.266. The van der Waals surface area contributed by atoms with Gasteiger partial charge in [-0.3, -0.25) is 14.5 Å². The summed E-state index contributed by atoms with van der Waals surface area (Å²) in [4.78, 5) is 24.9. The van der Waals surface area contributed by atoms with Crippen molar-refractivity contribution < 1.29 is 14.0 Å². The van der Waals surface area contributed by atoms with Crippen LogP contribution in [0.15, 0.2) is 52.5 Å². The van der Waals surface area contributed by atoms with Crippen molar-refractivity contribution in [3.05, 3.63) is 53.9 Å². The standard InChI is InChI=1S/C13H11NO3S/c1-2-8-14-12(15)11(18-13(14)16)7-3-5-10-6-4-9-17-10/h2-7,9H,1,8H2. The molecule has 0 atom stereocenters. The van der Waals surface area contributed by atoms with Gasteiger partial charge in [0.1, 0.15) is 5.76 Å². The van der Waals surface area contributed by atoms with Crippen molar-refractivity contribution in [2.24, 2.45) is 0 Å². The molecule has 2 rings (SSSR count). The number of allylic oxidation sites excluding steroid dienone is 2. The molecule has 5 heteroatoms. The van der Waals surface area contributed by atoms with Gasteiger partial charge in [0.15, 0.2) is 0 Å².